The molecule has 0 spiro atoms. The van der Waals surface area contributed by atoms with Crippen LogP contribution in [0.2, 0.25) is 0 Å². The summed E-state index contributed by atoms with van der Waals surface area (Å²) in [5, 5.41) is 15.1. The minimum atomic E-state index is -4.74. The predicted octanol–water partition coefficient (Wildman–Crippen LogP) is 6.05. The number of nitro benzene ring substituents is 1. The Hall–Kier alpha value is -3.93. The number of carbonyl (C=O) groups is 1. The highest BCUT2D eigenvalue weighted by atomic mass is 79.9. The second-order valence-corrected chi connectivity index (χ2v) is 8.45. The molecule has 37 heavy (non-hydrogen) atoms. The van der Waals surface area contributed by atoms with Crippen molar-refractivity contribution in [3.05, 3.63) is 97.5 Å². The summed E-state index contributed by atoms with van der Waals surface area (Å²) < 4.78 is 50.7. The Morgan fingerprint density at radius 1 is 1.11 bits per heavy atom. The highest BCUT2D eigenvalue weighted by molar-refractivity contribution is 9.10. The number of halogens is 4. The molecule has 8 nitrogen and oxygen atoms in total. The molecule has 0 bridgehead atoms. The van der Waals surface area contributed by atoms with E-state index in [9.17, 15) is 28.1 Å². The fourth-order valence-corrected chi connectivity index (χ4v) is 3.64. The number of carbonyl (C=O) groups excluding carboxylic acids is 1. The summed E-state index contributed by atoms with van der Waals surface area (Å²) in [5.41, 5.74) is 1.59. The third kappa shape index (κ3) is 7.78. The summed E-state index contributed by atoms with van der Waals surface area (Å²) in [5.74, 6) is 0.200. The van der Waals surface area contributed by atoms with E-state index in [0.717, 1.165) is 11.6 Å². The molecule has 0 aliphatic rings. The zero-order valence-electron chi connectivity index (χ0n) is 19.4. The molecule has 1 amide bonds. The van der Waals surface area contributed by atoms with Crippen molar-refractivity contribution < 1.29 is 32.4 Å². The minimum absolute atomic E-state index is 0.176. The number of hydrogen-bond donors (Lipinski definition) is 1. The fourth-order valence-electron chi connectivity index (χ4n) is 3.21. The zero-order chi connectivity index (χ0) is 27.0. The number of ether oxygens (including phenoxy) is 2. The largest absolute Gasteiger partial charge is 0.490 e. The summed E-state index contributed by atoms with van der Waals surface area (Å²) in [6.07, 6.45) is -3.96. The van der Waals surface area contributed by atoms with Gasteiger partial charge in [0.2, 0.25) is 5.91 Å². The number of hydrogen-bond acceptors (Lipinski definition) is 6. The molecular formula is C25H21BrF3N3O5. The van der Waals surface area contributed by atoms with Crippen LogP contribution in [-0.2, 0) is 24.0 Å². The second kappa shape index (κ2) is 12.3. The van der Waals surface area contributed by atoms with Crippen LogP contribution in [0.25, 0.3) is 0 Å². The predicted molar refractivity (Wildman–Crippen MR) is 134 cm³/mol. The summed E-state index contributed by atoms with van der Waals surface area (Å²) in [7, 11) is 0. The number of nitrogens with zero attached hydrogens (tertiary/aromatic N) is 2. The van der Waals surface area contributed by atoms with Gasteiger partial charge in [-0.1, -0.05) is 36.4 Å². The van der Waals surface area contributed by atoms with Gasteiger partial charge < -0.3 is 9.47 Å². The molecule has 0 aromatic heterocycles. The van der Waals surface area contributed by atoms with Crippen molar-refractivity contribution in [2.24, 2.45) is 5.10 Å². The Morgan fingerprint density at radius 2 is 1.81 bits per heavy atom. The number of nitro groups is 1. The third-order valence-electron chi connectivity index (χ3n) is 4.95. The van der Waals surface area contributed by atoms with Gasteiger partial charge in [0.15, 0.2) is 11.5 Å². The normalized spacial score (nSPS) is 11.4. The smallest absolute Gasteiger partial charge is 0.416 e. The molecule has 0 radical (unpaired) electrons. The molecule has 0 atom stereocenters. The Labute approximate surface area is 218 Å². The van der Waals surface area contributed by atoms with Crippen LogP contribution < -0.4 is 14.9 Å². The number of alkyl halides is 3. The first-order valence-corrected chi connectivity index (χ1v) is 11.7. The van der Waals surface area contributed by atoms with E-state index in [-0.39, 0.29) is 5.56 Å². The molecule has 3 rings (SSSR count). The lowest BCUT2D eigenvalue weighted by Crippen LogP contribution is -2.20. The van der Waals surface area contributed by atoms with Crippen LogP contribution in [0.15, 0.2) is 70.2 Å². The quantitative estimate of drug-likeness (QED) is 0.179. The van der Waals surface area contributed by atoms with E-state index in [1.54, 1.807) is 12.1 Å². The van der Waals surface area contributed by atoms with Crippen LogP contribution in [0.3, 0.4) is 0 Å². The maximum atomic E-state index is 12.9. The van der Waals surface area contributed by atoms with Crippen molar-refractivity contribution >= 4 is 33.7 Å². The van der Waals surface area contributed by atoms with Crippen LogP contribution in [-0.4, -0.2) is 23.7 Å². The average molecular weight is 580 g/mol. The minimum Gasteiger partial charge on any atom is -0.490 e. The Bertz CT molecular complexity index is 1300. The van der Waals surface area contributed by atoms with Crippen molar-refractivity contribution in [2.75, 3.05) is 6.61 Å². The average Bonchev–Trinajstić information content (AvgIpc) is 2.85. The monoisotopic (exact) mass is 579 g/mol. The van der Waals surface area contributed by atoms with E-state index >= 15 is 0 Å². The number of hydrazone groups is 1. The van der Waals surface area contributed by atoms with E-state index in [0.29, 0.717) is 46.9 Å². The Kier molecular flexibility index (Phi) is 9.23. The van der Waals surface area contributed by atoms with Crippen LogP contribution >= 0.6 is 15.9 Å². The van der Waals surface area contributed by atoms with E-state index < -0.39 is 34.7 Å². The van der Waals surface area contributed by atoms with Gasteiger partial charge in [-0.25, -0.2) is 5.43 Å². The molecule has 0 heterocycles. The summed E-state index contributed by atoms with van der Waals surface area (Å²) in [4.78, 5) is 22.5. The van der Waals surface area contributed by atoms with Crippen molar-refractivity contribution in [1.29, 1.82) is 0 Å². The molecule has 3 aromatic carbocycles. The highest BCUT2D eigenvalue weighted by Gasteiger charge is 2.33. The maximum Gasteiger partial charge on any atom is 0.416 e. The Balaban J connectivity index is 1.70. The van der Waals surface area contributed by atoms with Crippen molar-refractivity contribution in [1.82, 2.24) is 5.43 Å². The molecule has 0 saturated carbocycles. The van der Waals surface area contributed by atoms with E-state index in [4.69, 9.17) is 9.47 Å². The maximum absolute atomic E-state index is 12.9. The summed E-state index contributed by atoms with van der Waals surface area (Å²) >= 11 is 3.42. The molecule has 0 fully saturated rings. The van der Waals surface area contributed by atoms with Crippen LogP contribution in [0, 0.1) is 10.1 Å². The van der Waals surface area contributed by atoms with Gasteiger partial charge in [-0.2, -0.15) is 18.3 Å². The standard InChI is InChI=1S/C25H21BrF3N3O5/c1-2-36-22-10-18(20(26)13-23(22)37-15-16-6-4-3-5-7-16)14-30-31-24(33)11-17-8-9-19(25(27,28)29)12-21(17)32(34)35/h3-10,12-14H,2,11,15H2,1H3,(H,31,33)/b30-14+. The lowest BCUT2D eigenvalue weighted by molar-refractivity contribution is -0.385. The zero-order valence-corrected chi connectivity index (χ0v) is 21.0. The van der Waals surface area contributed by atoms with Gasteiger partial charge in [-0.05, 0) is 46.6 Å². The highest BCUT2D eigenvalue weighted by Crippen LogP contribution is 2.34. The van der Waals surface area contributed by atoms with Crippen LogP contribution in [0.5, 0.6) is 11.5 Å². The first-order valence-electron chi connectivity index (χ1n) is 10.9. The third-order valence-corrected chi connectivity index (χ3v) is 5.64. The first-order chi connectivity index (χ1) is 17.6. The van der Waals surface area contributed by atoms with Gasteiger partial charge in [0, 0.05) is 21.7 Å². The molecule has 0 aliphatic heterocycles. The van der Waals surface area contributed by atoms with Crippen molar-refractivity contribution in [3.8, 4) is 11.5 Å². The fraction of sp³-hybridized carbons (Fsp3) is 0.200. The lowest BCUT2D eigenvalue weighted by Gasteiger charge is -2.14. The second-order valence-electron chi connectivity index (χ2n) is 7.60. The van der Waals surface area contributed by atoms with Gasteiger partial charge in [0.25, 0.3) is 5.69 Å². The molecule has 1 N–H and O–H groups in total. The van der Waals surface area contributed by atoms with E-state index in [1.165, 1.54) is 6.21 Å². The summed E-state index contributed by atoms with van der Waals surface area (Å²) in [6, 6.07) is 14.9. The number of benzene rings is 3. The number of rotatable bonds is 10. The molecule has 0 saturated heterocycles. The van der Waals surface area contributed by atoms with Gasteiger partial charge in [-0.15, -0.1) is 0 Å². The van der Waals surface area contributed by atoms with Crippen LogP contribution in [0.4, 0.5) is 18.9 Å². The van der Waals surface area contributed by atoms with Crippen molar-refractivity contribution in [3.63, 3.8) is 0 Å². The molecule has 12 heteroatoms. The molecule has 0 unspecified atom stereocenters. The number of amides is 1. The molecule has 194 valence electrons. The lowest BCUT2D eigenvalue weighted by atomic mass is 10.1. The van der Waals surface area contributed by atoms with Gasteiger partial charge in [-0.3, -0.25) is 14.9 Å². The topological polar surface area (TPSA) is 103 Å². The van der Waals surface area contributed by atoms with Crippen molar-refractivity contribution in [2.45, 2.75) is 26.1 Å². The van der Waals surface area contributed by atoms with Crippen LogP contribution in [0.1, 0.15) is 29.2 Å². The van der Waals surface area contributed by atoms with Gasteiger partial charge in [0.05, 0.1) is 29.7 Å². The van der Waals surface area contributed by atoms with Gasteiger partial charge >= 0.3 is 6.18 Å². The Morgan fingerprint density at radius 3 is 2.46 bits per heavy atom. The van der Waals surface area contributed by atoms with E-state index in [2.05, 4.69) is 26.5 Å². The molecular weight excluding hydrogens is 559 g/mol. The SMILES string of the molecule is CCOc1cc(/C=N/NC(=O)Cc2ccc(C(F)(F)F)cc2[N+](=O)[O-])c(Br)cc1OCc1ccccc1. The molecule has 3 aromatic rings. The first kappa shape index (κ1) is 27.7. The summed E-state index contributed by atoms with van der Waals surface area (Å²) in [6.45, 7) is 2.52. The molecule has 0 aliphatic carbocycles. The number of nitrogens with one attached hydrogen (secondary N) is 1. The van der Waals surface area contributed by atoms with Gasteiger partial charge in [0.1, 0.15) is 6.61 Å². The van der Waals surface area contributed by atoms with E-state index in [1.807, 2.05) is 37.3 Å².